The van der Waals surface area contributed by atoms with E-state index in [-0.39, 0.29) is 0 Å². The summed E-state index contributed by atoms with van der Waals surface area (Å²) in [5.41, 5.74) is 3.19. The van der Waals surface area contributed by atoms with Crippen LogP contribution in [0.25, 0.3) is 21.9 Å². The van der Waals surface area contributed by atoms with Gasteiger partial charge in [0.05, 0.1) is 10.8 Å². The van der Waals surface area contributed by atoms with Gasteiger partial charge in [-0.1, -0.05) is 24.3 Å². The minimum Gasteiger partial charge on any atom is -0.207 e. The third kappa shape index (κ3) is 1.20. The summed E-state index contributed by atoms with van der Waals surface area (Å²) in [5.74, 6) is 0. The minimum absolute atomic E-state index is 0.953. The molecule has 1 aromatic heterocycles. The van der Waals surface area contributed by atoms with E-state index < -0.39 is 0 Å². The second kappa shape index (κ2) is 3.06. The van der Waals surface area contributed by atoms with Crippen LogP contribution in [-0.4, -0.2) is 0 Å². The van der Waals surface area contributed by atoms with Crippen molar-refractivity contribution < 1.29 is 4.42 Å². The second-order valence-electron chi connectivity index (χ2n) is 3.72. The fraction of sp³-hybridized carbons (Fsp3) is 0.0714. The third-order valence-corrected chi connectivity index (χ3v) is 2.80. The van der Waals surface area contributed by atoms with Gasteiger partial charge in [-0.05, 0) is 24.6 Å². The lowest BCUT2D eigenvalue weighted by atomic mass is 10.1. The van der Waals surface area contributed by atoms with Gasteiger partial charge < -0.3 is 0 Å². The normalized spacial score (nSPS) is 11.0. The zero-order valence-electron chi connectivity index (χ0n) is 8.53. The van der Waals surface area contributed by atoms with Gasteiger partial charge in [-0.2, -0.15) is 0 Å². The van der Waals surface area contributed by atoms with Gasteiger partial charge in [0, 0.05) is 12.1 Å². The Morgan fingerprint density at radius 2 is 1.20 bits per heavy atom. The van der Waals surface area contributed by atoms with Crippen molar-refractivity contribution in [1.29, 1.82) is 0 Å². The van der Waals surface area contributed by atoms with Crippen LogP contribution in [0.15, 0.2) is 52.9 Å². The number of hydrogen-bond donors (Lipinski definition) is 0. The van der Waals surface area contributed by atoms with Crippen LogP contribution in [-0.2, 0) is 0 Å². The van der Waals surface area contributed by atoms with Crippen molar-refractivity contribution in [1.82, 2.24) is 0 Å². The van der Waals surface area contributed by atoms with Crippen molar-refractivity contribution in [2.75, 3.05) is 0 Å². The van der Waals surface area contributed by atoms with E-state index in [0.29, 0.717) is 0 Å². The Bertz CT molecular complexity index is 587. The van der Waals surface area contributed by atoms with E-state index in [1.54, 1.807) is 0 Å². The summed E-state index contributed by atoms with van der Waals surface area (Å²) in [6, 6.07) is 16.3. The highest BCUT2D eigenvalue weighted by Crippen LogP contribution is 2.27. The molecule has 0 radical (unpaired) electrons. The van der Waals surface area contributed by atoms with Crippen LogP contribution >= 0.6 is 0 Å². The molecule has 0 spiro atoms. The van der Waals surface area contributed by atoms with Crippen LogP contribution in [0, 0.1) is 6.92 Å². The Morgan fingerprint density at radius 3 is 1.73 bits per heavy atom. The number of rotatable bonds is 0. The minimum atomic E-state index is 0.953. The van der Waals surface area contributed by atoms with E-state index in [0.717, 1.165) is 11.2 Å². The lowest BCUT2D eigenvalue weighted by molar-refractivity contribution is 0.660. The summed E-state index contributed by atoms with van der Waals surface area (Å²) in [5, 5.41) is 2.38. The summed E-state index contributed by atoms with van der Waals surface area (Å²) in [7, 11) is 0. The van der Waals surface area contributed by atoms with Gasteiger partial charge in [-0.25, -0.2) is 4.42 Å². The number of aryl methyl sites for hydroxylation is 1. The van der Waals surface area contributed by atoms with Crippen LogP contribution in [0.4, 0.5) is 0 Å². The molecule has 1 nitrogen and oxygen atoms in total. The van der Waals surface area contributed by atoms with Crippen LogP contribution in [0.2, 0.25) is 0 Å². The number of benzene rings is 2. The summed E-state index contributed by atoms with van der Waals surface area (Å²) < 4.78 is 5.83. The quantitative estimate of drug-likeness (QED) is 0.387. The molecule has 0 fully saturated rings. The first kappa shape index (κ1) is 8.42. The average molecular weight is 195 g/mol. The molecule has 2 aromatic carbocycles. The third-order valence-electron chi connectivity index (χ3n) is 2.80. The van der Waals surface area contributed by atoms with Crippen LogP contribution < -0.4 is 0 Å². The Morgan fingerprint density at radius 1 is 0.733 bits per heavy atom. The molecule has 0 N–H and O–H groups in total. The Labute approximate surface area is 88.0 Å². The smallest absolute Gasteiger partial charge is 0.207 e. The van der Waals surface area contributed by atoms with Crippen molar-refractivity contribution in [2.45, 2.75) is 6.92 Å². The fourth-order valence-electron chi connectivity index (χ4n) is 1.99. The maximum absolute atomic E-state index is 5.83. The maximum Gasteiger partial charge on any atom is 0.361 e. The standard InChI is InChI=1S/C14H11O/c1-10-11-6-2-4-8-13(11)15-14-9-5-3-7-12(10)14/h2-9H,1H3/q+1. The molecule has 0 saturated heterocycles. The number of hydrogen-bond acceptors (Lipinski definition) is 0. The van der Waals surface area contributed by atoms with E-state index >= 15 is 0 Å². The van der Waals surface area contributed by atoms with Gasteiger partial charge in [0.25, 0.3) is 0 Å². The largest absolute Gasteiger partial charge is 0.361 e. The Balaban J connectivity index is 2.60. The average Bonchev–Trinajstić information content (AvgIpc) is 2.30. The van der Waals surface area contributed by atoms with Crippen LogP contribution in [0.1, 0.15) is 5.56 Å². The molecule has 15 heavy (non-hydrogen) atoms. The molecular weight excluding hydrogens is 184 g/mol. The molecule has 3 rings (SSSR count). The lowest BCUT2D eigenvalue weighted by Crippen LogP contribution is -1.81. The van der Waals surface area contributed by atoms with E-state index in [9.17, 15) is 0 Å². The monoisotopic (exact) mass is 195 g/mol. The van der Waals surface area contributed by atoms with E-state index in [1.165, 1.54) is 16.3 Å². The molecule has 72 valence electrons. The molecule has 0 amide bonds. The molecule has 3 aromatic rings. The zero-order chi connectivity index (χ0) is 10.3. The first-order valence-electron chi connectivity index (χ1n) is 5.06. The van der Waals surface area contributed by atoms with Crippen LogP contribution in [0.3, 0.4) is 0 Å². The molecule has 0 bridgehead atoms. The van der Waals surface area contributed by atoms with Gasteiger partial charge in [0.1, 0.15) is 0 Å². The highest BCUT2D eigenvalue weighted by molar-refractivity contribution is 5.94. The Hall–Kier alpha value is -1.89. The van der Waals surface area contributed by atoms with E-state index in [1.807, 2.05) is 36.4 Å². The van der Waals surface area contributed by atoms with Gasteiger partial charge in [-0.15, -0.1) is 0 Å². The summed E-state index contributed by atoms with van der Waals surface area (Å²) in [6.07, 6.45) is 0. The van der Waals surface area contributed by atoms with Gasteiger partial charge in [0.2, 0.25) is 0 Å². The van der Waals surface area contributed by atoms with Gasteiger partial charge >= 0.3 is 11.2 Å². The molecule has 0 unspecified atom stereocenters. The lowest BCUT2D eigenvalue weighted by Gasteiger charge is -1.96. The first-order chi connectivity index (χ1) is 7.36. The predicted molar refractivity (Wildman–Crippen MR) is 62.9 cm³/mol. The number of para-hydroxylation sites is 2. The van der Waals surface area contributed by atoms with Crippen molar-refractivity contribution in [3.63, 3.8) is 0 Å². The van der Waals surface area contributed by atoms with Crippen molar-refractivity contribution >= 4 is 21.9 Å². The molecule has 0 atom stereocenters. The Kier molecular flexibility index (Phi) is 1.72. The van der Waals surface area contributed by atoms with Gasteiger partial charge in [-0.3, -0.25) is 0 Å². The van der Waals surface area contributed by atoms with Crippen molar-refractivity contribution in [2.24, 2.45) is 0 Å². The second-order valence-corrected chi connectivity index (χ2v) is 3.72. The van der Waals surface area contributed by atoms with Crippen LogP contribution in [0.5, 0.6) is 0 Å². The summed E-state index contributed by atoms with van der Waals surface area (Å²) in [4.78, 5) is 0. The molecule has 1 heterocycles. The summed E-state index contributed by atoms with van der Waals surface area (Å²) >= 11 is 0. The molecule has 0 aliphatic carbocycles. The van der Waals surface area contributed by atoms with Crippen molar-refractivity contribution in [3.05, 3.63) is 54.1 Å². The number of fused-ring (bicyclic) bond motifs is 2. The SMILES string of the molecule is Cc1c2ccccc2[o+]c2ccccc12. The van der Waals surface area contributed by atoms with Crippen molar-refractivity contribution in [3.8, 4) is 0 Å². The highest BCUT2D eigenvalue weighted by Gasteiger charge is 2.14. The molecule has 1 heteroatoms. The molecule has 0 aliphatic rings. The van der Waals surface area contributed by atoms with E-state index in [2.05, 4.69) is 19.1 Å². The molecule has 0 aliphatic heterocycles. The zero-order valence-corrected chi connectivity index (χ0v) is 8.53. The maximum atomic E-state index is 5.83. The predicted octanol–water partition coefficient (Wildman–Crippen LogP) is 4.18. The van der Waals surface area contributed by atoms with Gasteiger partial charge in [0.15, 0.2) is 0 Å². The fourth-order valence-corrected chi connectivity index (χ4v) is 1.99. The molecule has 0 saturated carbocycles. The summed E-state index contributed by atoms with van der Waals surface area (Å²) in [6.45, 7) is 2.14. The highest BCUT2D eigenvalue weighted by atomic mass is 16.3. The first-order valence-corrected chi connectivity index (χ1v) is 5.06. The molecular formula is C14H11O+. The van der Waals surface area contributed by atoms with E-state index in [4.69, 9.17) is 4.42 Å². The topological polar surface area (TPSA) is 11.3 Å².